The van der Waals surface area contributed by atoms with E-state index in [1.54, 1.807) is 0 Å². The van der Waals surface area contributed by atoms with Gasteiger partial charge in [-0.2, -0.15) is 0 Å². The third-order valence-corrected chi connectivity index (χ3v) is 4.58. The highest BCUT2D eigenvalue weighted by Gasteiger charge is 2.24. The molecule has 3 rings (SSSR count). The van der Waals surface area contributed by atoms with Gasteiger partial charge < -0.3 is 9.88 Å². The molecule has 3 nitrogen and oxygen atoms in total. The molecule has 2 unspecified atom stereocenters. The first-order valence-electron chi connectivity index (χ1n) is 6.77. The minimum Gasteiger partial charge on any atom is -0.326 e. The van der Waals surface area contributed by atoms with Crippen LogP contribution < -0.4 is 5.32 Å². The quantitative estimate of drug-likeness (QED) is 0.916. The Morgan fingerprint density at radius 2 is 2.21 bits per heavy atom. The Hall–Kier alpha value is -1.13. The molecule has 0 aliphatic carbocycles. The Labute approximate surface area is 122 Å². The molecule has 0 amide bonds. The zero-order valence-corrected chi connectivity index (χ0v) is 12.6. The van der Waals surface area contributed by atoms with Gasteiger partial charge in [-0.25, -0.2) is 4.98 Å². The number of piperidine rings is 1. The predicted molar refractivity (Wildman–Crippen MR) is 81.1 cm³/mol. The van der Waals surface area contributed by atoms with Gasteiger partial charge in [0.25, 0.3) is 0 Å². The van der Waals surface area contributed by atoms with E-state index >= 15 is 0 Å². The van der Waals surface area contributed by atoms with Crippen molar-refractivity contribution in [1.29, 1.82) is 0 Å². The molecule has 19 heavy (non-hydrogen) atoms. The maximum Gasteiger partial charge on any atom is 0.0954 e. The van der Waals surface area contributed by atoms with Crippen LogP contribution in [-0.4, -0.2) is 22.1 Å². The first-order valence-corrected chi connectivity index (χ1v) is 7.57. The van der Waals surface area contributed by atoms with Crippen molar-refractivity contribution < 1.29 is 0 Å². The lowest BCUT2D eigenvalue weighted by Gasteiger charge is -2.32. The van der Waals surface area contributed by atoms with Crippen molar-refractivity contribution in [3.8, 4) is 11.3 Å². The second-order valence-electron chi connectivity index (χ2n) is 5.12. The van der Waals surface area contributed by atoms with Crippen molar-refractivity contribution in [2.24, 2.45) is 0 Å². The van der Waals surface area contributed by atoms with Crippen LogP contribution in [0.3, 0.4) is 0 Å². The molecule has 0 saturated carbocycles. The summed E-state index contributed by atoms with van der Waals surface area (Å²) in [6, 6.07) is 9.30. The highest BCUT2D eigenvalue weighted by Crippen LogP contribution is 2.32. The van der Waals surface area contributed by atoms with Crippen LogP contribution in [0.5, 0.6) is 0 Å². The fourth-order valence-electron chi connectivity index (χ4n) is 2.85. The van der Waals surface area contributed by atoms with Gasteiger partial charge in [0.05, 0.1) is 24.3 Å². The SMILES string of the molecule is CC1NCCCC1n1cncc1-c1ccccc1Br. The Bertz CT molecular complexity index is 564. The van der Waals surface area contributed by atoms with Gasteiger partial charge in [0.15, 0.2) is 0 Å². The molecule has 1 aromatic carbocycles. The first-order chi connectivity index (χ1) is 9.27. The normalized spacial score (nSPS) is 23.5. The number of nitrogens with one attached hydrogen (secondary N) is 1. The Balaban J connectivity index is 2.01. The van der Waals surface area contributed by atoms with E-state index in [4.69, 9.17) is 0 Å². The van der Waals surface area contributed by atoms with Gasteiger partial charge in [-0.05, 0) is 32.4 Å². The second-order valence-corrected chi connectivity index (χ2v) is 5.97. The highest BCUT2D eigenvalue weighted by molar-refractivity contribution is 9.10. The molecule has 1 aliphatic rings. The Morgan fingerprint density at radius 3 is 3.00 bits per heavy atom. The molecule has 2 aromatic rings. The first kappa shape index (κ1) is 12.9. The predicted octanol–water partition coefficient (Wildman–Crippen LogP) is 3.63. The van der Waals surface area contributed by atoms with Crippen molar-refractivity contribution in [2.75, 3.05) is 6.54 Å². The molecular weight excluding hydrogens is 302 g/mol. The number of benzene rings is 1. The van der Waals surface area contributed by atoms with Gasteiger partial charge in [0.1, 0.15) is 0 Å². The van der Waals surface area contributed by atoms with E-state index < -0.39 is 0 Å². The zero-order valence-electron chi connectivity index (χ0n) is 11.0. The van der Waals surface area contributed by atoms with Crippen LogP contribution in [-0.2, 0) is 0 Å². The van der Waals surface area contributed by atoms with Crippen LogP contribution >= 0.6 is 15.9 Å². The lowest BCUT2D eigenvalue weighted by atomic mass is 9.99. The van der Waals surface area contributed by atoms with Crippen molar-refractivity contribution in [3.05, 3.63) is 41.3 Å². The third-order valence-electron chi connectivity index (χ3n) is 3.89. The average molecular weight is 320 g/mol. The van der Waals surface area contributed by atoms with Crippen molar-refractivity contribution >= 4 is 15.9 Å². The molecule has 2 atom stereocenters. The van der Waals surface area contributed by atoms with Crippen LogP contribution in [0.2, 0.25) is 0 Å². The molecule has 100 valence electrons. The smallest absolute Gasteiger partial charge is 0.0954 e. The largest absolute Gasteiger partial charge is 0.326 e. The maximum absolute atomic E-state index is 4.36. The van der Waals surface area contributed by atoms with E-state index in [0.29, 0.717) is 12.1 Å². The molecule has 0 bridgehead atoms. The molecule has 0 radical (unpaired) electrons. The van der Waals surface area contributed by atoms with Gasteiger partial charge in [0.2, 0.25) is 0 Å². The molecule has 4 heteroatoms. The summed E-state index contributed by atoms with van der Waals surface area (Å²) in [6.45, 7) is 3.38. The summed E-state index contributed by atoms with van der Waals surface area (Å²) >= 11 is 3.63. The number of nitrogens with zero attached hydrogens (tertiary/aromatic N) is 2. The highest BCUT2D eigenvalue weighted by atomic mass is 79.9. The number of hydrogen-bond donors (Lipinski definition) is 1. The molecule has 1 aromatic heterocycles. The van der Waals surface area contributed by atoms with Gasteiger partial charge in [0, 0.05) is 16.1 Å². The fourth-order valence-corrected chi connectivity index (χ4v) is 3.34. The third kappa shape index (κ3) is 2.47. The average Bonchev–Trinajstić information content (AvgIpc) is 2.89. The number of halogens is 1. The minimum atomic E-state index is 0.485. The lowest BCUT2D eigenvalue weighted by molar-refractivity contribution is 0.297. The van der Waals surface area contributed by atoms with Crippen LogP contribution in [0.25, 0.3) is 11.3 Å². The molecule has 2 heterocycles. The fraction of sp³-hybridized carbons (Fsp3) is 0.400. The van der Waals surface area contributed by atoms with Crippen LogP contribution in [0, 0.1) is 0 Å². The topological polar surface area (TPSA) is 29.9 Å². The molecule has 0 spiro atoms. The van der Waals surface area contributed by atoms with E-state index in [1.165, 1.54) is 24.1 Å². The number of imidazole rings is 1. The molecule has 1 aliphatic heterocycles. The second kappa shape index (κ2) is 5.47. The monoisotopic (exact) mass is 319 g/mol. The molecule has 1 N–H and O–H groups in total. The van der Waals surface area contributed by atoms with Crippen molar-refractivity contribution in [2.45, 2.75) is 31.8 Å². The van der Waals surface area contributed by atoms with Gasteiger partial charge in [-0.15, -0.1) is 0 Å². The van der Waals surface area contributed by atoms with Crippen LogP contribution in [0.15, 0.2) is 41.3 Å². The molecule has 1 fully saturated rings. The number of rotatable bonds is 2. The summed E-state index contributed by atoms with van der Waals surface area (Å²) in [5.41, 5.74) is 2.39. The number of aromatic nitrogens is 2. The van der Waals surface area contributed by atoms with Gasteiger partial charge in [-0.1, -0.05) is 34.1 Å². The molecular formula is C15H18BrN3. The van der Waals surface area contributed by atoms with Crippen LogP contribution in [0.4, 0.5) is 0 Å². The Morgan fingerprint density at radius 1 is 1.37 bits per heavy atom. The summed E-state index contributed by atoms with van der Waals surface area (Å²) in [6.07, 6.45) is 6.36. The van der Waals surface area contributed by atoms with E-state index in [1.807, 2.05) is 18.6 Å². The molecule has 1 saturated heterocycles. The van der Waals surface area contributed by atoms with E-state index in [0.717, 1.165) is 11.0 Å². The van der Waals surface area contributed by atoms with E-state index in [2.05, 4.69) is 55.9 Å². The maximum atomic E-state index is 4.36. The number of hydrogen-bond acceptors (Lipinski definition) is 2. The van der Waals surface area contributed by atoms with Gasteiger partial charge >= 0.3 is 0 Å². The summed E-state index contributed by atoms with van der Waals surface area (Å²) in [4.78, 5) is 4.36. The van der Waals surface area contributed by atoms with Crippen LogP contribution in [0.1, 0.15) is 25.8 Å². The van der Waals surface area contributed by atoms with E-state index in [9.17, 15) is 0 Å². The lowest BCUT2D eigenvalue weighted by Crippen LogP contribution is -2.40. The summed E-state index contributed by atoms with van der Waals surface area (Å²) in [7, 11) is 0. The van der Waals surface area contributed by atoms with Crippen molar-refractivity contribution in [3.63, 3.8) is 0 Å². The zero-order chi connectivity index (χ0) is 13.2. The standard InChI is InChI=1S/C15H18BrN3/c1-11-14(7-4-8-18-11)19-10-17-9-15(19)12-5-2-3-6-13(12)16/h2-3,5-6,9-11,14,18H,4,7-8H2,1H3. The summed E-state index contributed by atoms with van der Waals surface area (Å²) in [5.74, 6) is 0. The van der Waals surface area contributed by atoms with Crippen molar-refractivity contribution in [1.82, 2.24) is 14.9 Å². The van der Waals surface area contributed by atoms with Gasteiger partial charge in [-0.3, -0.25) is 0 Å². The minimum absolute atomic E-state index is 0.485. The Kier molecular flexibility index (Phi) is 3.71. The van der Waals surface area contributed by atoms with E-state index in [-0.39, 0.29) is 0 Å². The summed E-state index contributed by atoms with van der Waals surface area (Å²) < 4.78 is 3.44. The summed E-state index contributed by atoms with van der Waals surface area (Å²) in [5, 5.41) is 3.55.